The van der Waals surface area contributed by atoms with Crippen LogP contribution in [-0.4, -0.2) is 11.0 Å². The number of halogens is 1. The number of carbonyl (C=O) groups is 1. The molecule has 0 aliphatic carbocycles. The maximum atomic E-state index is 12.2. The molecule has 1 amide bonds. The first kappa shape index (κ1) is 14.6. The van der Waals surface area contributed by atoms with Gasteiger partial charge < -0.3 is 10.4 Å². The molecule has 2 N–H and O–H groups in total. The molecule has 1 atom stereocenters. The van der Waals surface area contributed by atoms with E-state index < -0.39 is 0 Å². The average Bonchev–Trinajstić information content (AvgIpc) is 2.48. The lowest BCUT2D eigenvalue weighted by Crippen LogP contribution is -2.28. The Morgan fingerprint density at radius 2 is 1.95 bits per heavy atom. The molecule has 0 saturated carbocycles. The monoisotopic (exact) mass is 333 g/mol. The van der Waals surface area contributed by atoms with Gasteiger partial charge in [0.25, 0.3) is 5.91 Å². The number of phenols is 1. The minimum atomic E-state index is -0.191. The van der Waals surface area contributed by atoms with Gasteiger partial charge in [-0.25, -0.2) is 0 Å². The van der Waals surface area contributed by atoms with Crippen molar-refractivity contribution in [2.75, 3.05) is 0 Å². The van der Waals surface area contributed by atoms with E-state index in [-0.39, 0.29) is 17.7 Å². The Labute approximate surface area is 126 Å². The second kappa shape index (κ2) is 6.57. The minimum absolute atomic E-state index is 0.0329. The van der Waals surface area contributed by atoms with Gasteiger partial charge in [-0.15, -0.1) is 0 Å². The smallest absolute Gasteiger partial charge is 0.251 e. The first-order valence-corrected chi connectivity index (χ1v) is 7.25. The number of aromatic hydroxyl groups is 1. The van der Waals surface area contributed by atoms with Crippen LogP contribution < -0.4 is 5.32 Å². The summed E-state index contributed by atoms with van der Waals surface area (Å²) in [6.07, 6.45) is 0.804. The Morgan fingerprint density at radius 1 is 1.25 bits per heavy atom. The molecular formula is C16H16BrNO2. The number of benzene rings is 2. The highest BCUT2D eigenvalue weighted by Gasteiger charge is 2.14. The summed E-state index contributed by atoms with van der Waals surface area (Å²) in [5.41, 5.74) is 1.52. The Bertz CT molecular complexity index is 599. The van der Waals surface area contributed by atoms with Crippen LogP contribution in [0.5, 0.6) is 5.75 Å². The van der Waals surface area contributed by atoms with E-state index >= 15 is 0 Å². The van der Waals surface area contributed by atoms with Gasteiger partial charge >= 0.3 is 0 Å². The predicted octanol–water partition coefficient (Wildman–Crippen LogP) is 4.04. The lowest BCUT2D eigenvalue weighted by Gasteiger charge is -2.17. The summed E-state index contributed by atoms with van der Waals surface area (Å²) in [5, 5.41) is 12.6. The fraction of sp³-hybridized carbons (Fsp3) is 0.188. The number of phenolic OH excluding ortho intramolecular Hbond substituents is 1. The second-order valence-electron chi connectivity index (χ2n) is 4.51. The molecule has 0 aliphatic rings. The quantitative estimate of drug-likeness (QED) is 0.887. The molecule has 0 aliphatic heterocycles. The zero-order chi connectivity index (χ0) is 14.5. The van der Waals surface area contributed by atoms with Crippen LogP contribution >= 0.6 is 15.9 Å². The van der Waals surface area contributed by atoms with Gasteiger partial charge in [-0.05, 0) is 46.1 Å². The van der Waals surface area contributed by atoms with Crippen LogP contribution in [0.1, 0.15) is 35.3 Å². The highest BCUT2D eigenvalue weighted by atomic mass is 79.9. The molecule has 0 saturated heterocycles. The summed E-state index contributed by atoms with van der Waals surface area (Å²) in [6, 6.07) is 14.6. The van der Waals surface area contributed by atoms with E-state index in [0.717, 1.165) is 12.0 Å². The molecule has 2 aromatic rings. The third-order valence-electron chi connectivity index (χ3n) is 3.12. The van der Waals surface area contributed by atoms with Gasteiger partial charge in [0.05, 0.1) is 10.5 Å². The van der Waals surface area contributed by atoms with Gasteiger partial charge in [0, 0.05) is 5.56 Å². The van der Waals surface area contributed by atoms with Crippen molar-refractivity contribution in [1.82, 2.24) is 5.32 Å². The molecule has 20 heavy (non-hydrogen) atoms. The number of amides is 1. The molecule has 4 heteroatoms. The van der Waals surface area contributed by atoms with Crippen molar-refractivity contribution in [2.45, 2.75) is 19.4 Å². The van der Waals surface area contributed by atoms with Crippen molar-refractivity contribution < 1.29 is 9.90 Å². The van der Waals surface area contributed by atoms with Crippen LogP contribution in [0.25, 0.3) is 0 Å². The Morgan fingerprint density at radius 3 is 2.55 bits per heavy atom. The van der Waals surface area contributed by atoms with Gasteiger partial charge in [0.1, 0.15) is 5.75 Å². The summed E-state index contributed by atoms with van der Waals surface area (Å²) in [5.74, 6) is -0.131. The number of carbonyl (C=O) groups excluding carboxylic acids is 1. The van der Waals surface area contributed by atoms with Crippen molar-refractivity contribution in [3.8, 4) is 5.75 Å². The van der Waals surface area contributed by atoms with Gasteiger partial charge in [-0.3, -0.25) is 4.79 Å². The van der Waals surface area contributed by atoms with E-state index in [1.807, 2.05) is 37.3 Å². The fourth-order valence-electron chi connectivity index (χ4n) is 2.00. The summed E-state index contributed by atoms with van der Waals surface area (Å²) in [6.45, 7) is 2.02. The van der Waals surface area contributed by atoms with Crippen LogP contribution in [-0.2, 0) is 0 Å². The van der Waals surface area contributed by atoms with Crippen molar-refractivity contribution in [2.24, 2.45) is 0 Å². The molecule has 0 bridgehead atoms. The summed E-state index contributed by atoms with van der Waals surface area (Å²) in [4.78, 5) is 12.2. The molecule has 0 radical (unpaired) electrons. The molecule has 0 spiro atoms. The van der Waals surface area contributed by atoms with Gasteiger partial charge in [-0.1, -0.05) is 37.3 Å². The molecule has 0 fully saturated rings. The van der Waals surface area contributed by atoms with Crippen LogP contribution in [0.15, 0.2) is 53.0 Å². The summed E-state index contributed by atoms with van der Waals surface area (Å²) in [7, 11) is 0. The SMILES string of the molecule is CCC(NC(=O)c1ccc(Br)c(O)c1)c1ccccc1. The Balaban J connectivity index is 2.15. The lowest BCUT2D eigenvalue weighted by molar-refractivity contribution is 0.0935. The zero-order valence-corrected chi connectivity index (χ0v) is 12.7. The van der Waals surface area contributed by atoms with Crippen LogP contribution in [0.2, 0.25) is 0 Å². The third kappa shape index (κ3) is 3.39. The number of rotatable bonds is 4. The number of nitrogens with one attached hydrogen (secondary N) is 1. The molecule has 1 unspecified atom stereocenters. The maximum absolute atomic E-state index is 12.2. The van der Waals surface area contributed by atoms with E-state index in [4.69, 9.17) is 0 Å². The van der Waals surface area contributed by atoms with Crippen molar-refractivity contribution in [3.63, 3.8) is 0 Å². The zero-order valence-electron chi connectivity index (χ0n) is 11.1. The van der Waals surface area contributed by atoms with E-state index in [2.05, 4.69) is 21.2 Å². The first-order valence-electron chi connectivity index (χ1n) is 6.46. The van der Waals surface area contributed by atoms with Gasteiger partial charge in [-0.2, -0.15) is 0 Å². The second-order valence-corrected chi connectivity index (χ2v) is 5.37. The van der Waals surface area contributed by atoms with E-state index in [1.165, 1.54) is 6.07 Å². The highest BCUT2D eigenvalue weighted by Crippen LogP contribution is 2.25. The average molecular weight is 334 g/mol. The van der Waals surface area contributed by atoms with E-state index in [1.54, 1.807) is 12.1 Å². The predicted molar refractivity (Wildman–Crippen MR) is 82.7 cm³/mol. The van der Waals surface area contributed by atoms with Crippen molar-refractivity contribution in [1.29, 1.82) is 0 Å². The minimum Gasteiger partial charge on any atom is -0.507 e. The highest BCUT2D eigenvalue weighted by molar-refractivity contribution is 9.10. The first-order chi connectivity index (χ1) is 9.61. The Hall–Kier alpha value is -1.81. The molecular weight excluding hydrogens is 318 g/mol. The van der Waals surface area contributed by atoms with E-state index in [0.29, 0.717) is 10.0 Å². The summed E-state index contributed by atoms with van der Waals surface area (Å²) >= 11 is 3.20. The van der Waals surface area contributed by atoms with E-state index in [9.17, 15) is 9.90 Å². The van der Waals surface area contributed by atoms with Crippen LogP contribution in [0.3, 0.4) is 0 Å². The van der Waals surface area contributed by atoms with Crippen molar-refractivity contribution in [3.05, 3.63) is 64.1 Å². The van der Waals surface area contributed by atoms with Gasteiger partial charge in [0.15, 0.2) is 0 Å². The maximum Gasteiger partial charge on any atom is 0.251 e. The third-order valence-corrected chi connectivity index (χ3v) is 3.79. The molecule has 3 nitrogen and oxygen atoms in total. The Kier molecular flexibility index (Phi) is 4.79. The largest absolute Gasteiger partial charge is 0.507 e. The van der Waals surface area contributed by atoms with Gasteiger partial charge in [0.2, 0.25) is 0 Å². The van der Waals surface area contributed by atoms with Crippen LogP contribution in [0.4, 0.5) is 0 Å². The lowest BCUT2D eigenvalue weighted by atomic mass is 10.0. The van der Waals surface area contributed by atoms with Crippen molar-refractivity contribution >= 4 is 21.8 Å². The molecule has 2 aromatic carbocycles. The number of hydrogen-bond donors (Lipinski definition) is 2. The summed E-state index contributed by atoms with van der Waals surface area (Å²) < 4.78 is 0.573. The molecule has 2 rings (SSSR count). The normalized spacial score (nSPS) is 11.9. The molecule has 0 heterocycles. The molecule has 0 aromatic heterocycles. The molecule has 104 valence electrons. The topological polar surface area (TPSA) is 49.3 Å². The fourth-order valence-corrected chi connectivity index (χ4v) is 2.25. The van der Waals surface area contributed by atoms with Crippen LogP contribution in [0, 0.1) is 0 Å². The standard InChI is InChI=1S/C16H16BrNO2/c1-2-14(11-6-4-3-5-7-11)18-16(20)12-8-9-13(17)15(19)10-12/h3-10,14,19H,2H2,1H3,(H,18,20). The number of hydrogen-bond acceptors (Lipinski definition) is 2.